The first-order chi connectivity index (χ1) is 9.18. The Morgan fingerprint density at radius 1 is 1.00 bits per heavy atom. The highest BCUT2D eigenvalue weighted by atomic mass is 16.2. The molecule has 2 aromatic rings. The van der Waals surface area contributed by atoms with Gasteiger partial charge in [0.2, 0.25) is 0 Å². The number of carbonyl (C=O) groups is 1. The third-order valence-corrected chi connectivity index (χ3v) is 3.30. The van der Waals surface area contributed by atoms with Crippen molar-refractivity contribution >= 4 is 5.91 Å². The van der Waals surface area contributed by atoms with Crippen molar-refractivity contribution in [1.29, 1.82) is 0 Å². The normalized spacial score (nSPS) is 10.2. The summed E-state index contributed by atoms with van der Waals surface area (Å²) in [5.74, 6) is 0.0917. The van der Waals surface area contributed by atoms with Crippen LogP contribution in [0.15, 0.2) is 54.6 Å². The number of carbonyl (C=O) groups excluding carboxylic acids is 1. The van der Waals surface area contributed by atoms with Crippen LogP contribution in [-0.4, -0.2) is 24.4 Å². The molecule has 0 aliphatic carbocycles. The zero-order chi connectivity index (χ0) is 13.7. The number of rotatable bonds is 4. The van der Waals surface area contributed by atoms with Crippen molar-refractivity contribution in [3.8, 4) is 0 Å². The van der Waals surface area contributed by atoms with E-state index in [0.717, 1.165) is 24.1 Å². The second kappa shape index (κ2) is 6.19. The summed E-state index contributed by atoms with van der Waals surface area (Å²) in [6.45, 7) is 2.70. The van der Waals surface area contributed by atoms with Crippen LogP contribution in [0.4, 0.5) is 0 Å². The molecule has 0 fully saturated rings. The van der Waals surface area contributed by atoms with Gasteiger partial charge >= 0.3 is 0 Å². The SMILES string of the molecule is Cc1ccccc1C(=O)N(C)CCc1ccccc1. The Balaban J connectivity index is 1.99. The number of nitrogens with zero attached hydrogens (tertiary/aromatic N) is 1. The molecule has 0 spiro atoms. The summed E-state index contributed by atoms with van der Waals surface area (Å²) in [5.41, 5.74) is 3.07. The van der Waals surface area contributed by atoms with Crippen LogP contribution in [0.5, 0.6) is 0 Å². The Bertz CT molecular complexity index is 548. The first-order valence-electron chi connectivity index (χ1n) is 6.53. The van der Waals surface area contributed by atoms with Gasteiger partial charge in [-0.05, 0) is 30.5 Å². The topological polar surface area (TPSA) is 20.3 Å². The van der Waals surface area contributed by atoms with E-state index in [0.29, 0.717) is 0 Å². The smallest absolute Gasteiger partial charge is 0.253 e. The minimum Gasteiger partial charge on any atom is -0.341 e. The van der Waals surface area contributed by atoms with E-state index < -0.39 is 0 Å². The van der Waals surface area contributed by atoms with Gasteiger partial charge in [0.05, 0.1) is 0 Å². The number of amides is 1. The predicted molar refractivity (Wildman–Crippen MR) is 78.3 cm³/mol. The van der Waals surface area contributed by atoms with Gasteiger partial charge in [0.15, 0.2) is 0 Å². The molecular formula is C17H19NO. The van der Waals surface area contributed by atoms with Crippen molar-refractivity contribution < 1.29 is 4.79 Å². The molecular weight excluding hydrogens is 234 g/mol. The monoisotopic (exact) mass is 253 g/mol. The molecule has 2 rings (SSSR count). The lowest BCUT2D eigenvalue weighted by atomic mass is 10.1. The molecule has 0 unspecified atom stereocenters. The third-order valence-electron chi connectivity index (χ3n) is 3.30. The fraction of sp³-hybridized carbons (Fsp3) is 0.235. The lowest BCUT2D eigenvalue weighted by Crippen LogP contribution is -2.29. The molecule has 0 heterocycles. The van der Waals surface area contributed by atoms with Crippen LogP contribution in [0, 0.1) is 6.92 Å². The first-order valence-corrected chi connectivity index (χ1v) is 6.53. The number of aryl methyl sites for hydroxylation is 1. The molecule has 0 N–H and O–H groups in total. The zero-order valence-electron chi connectivity index (χ0n) is 11.5. The Kier molecular flexibility index (Phi) is 4.35. The van der Waals surface area contributed by atoms with Gasteiger partial charge in [-0.25, -0.2) is 0 Å². The van der Waals surface area contributed by atoms with Crippen molar-refractivity contribution in [2.75, 3.05) is 13.6 Å². The second-order valence-corrected chi connectivity index (χ2v) is 4.78. The van der Waals surface area contributed by atoms with Crippen LogP contribution in [0.2, 0.25) is 0 Å². The summed E-state index contributed by atoms with van der Waals surface area (Å²) >= 11 is 0. The van der Waals surface area contributed by atoms with Crippen molar-refractivity contribution in [3.05, 3.63) is 71.3 Å². The summed E-state index contributed by atoms with van der Waals surface area (Å²) in [7, 11) is 1.86. The van der Waals surface area contributed by atoms with Crippen LogP contribution >= 0.6 is 0 Å². The summed E-state index contributed by atoms with van der Waals surface area (Å²) in [4.78, 5) is 14.1. The average Bonchev–Trinajstić information content (AvgIpc) is 2.45. The van der Waals surface area contributed by atoms with Gasteiger partial charge in [-0.1, -0.05) is 48.5 Å². The van der Waals surface area contributed by atoms with Gasteiger partial charge in [0.25, 0.3) is 5.91 Å². The molecule has 0 atom stereocenters. The third kappa shape index (κ3) is 3.44. The maximum absolute atomic E-state index is 12.3. The second-order valence-electron chi connectivity index (χ2n) is 4.78. The van der Waals surface area contributed by atoms with Gasteiger partial charge in [0, 0.05) is 19.2 Å². The van der Waals surface area contributed by atoms with Crippen LogP contribution in [0.25, 0.3) is 0 Å². The van der Waals surface area contributed by atoms with E-state index in [1.165, 1.54) is 5.56 Å². The van der Waals surface area contributed by atoms with Gasteiger partial charge in [-0.2, -0.15) is 0 Å². The highest BCUT2D eigenvalue weighted by Gasteiger charge is 2.13. The van der Waals surface area contributed by atoms with Crippen LogP contribution in [-0.2, 0) is 6.42 Å². The fourth-order valence-electron chi connectivity index (χ4n) is 2.06. The Morgan fingerprint density at radius 2 is 1.63 bits per heavy atom. The van der Waals surface area contributed by atoms with Crippen molar-refractivity contribution in [2.45, 2.75) is 13.3 Å². The standard InChI is InChI=1S/C17H19NO/c1-14-8-6-7-11-16(14)17(19)18(2)13-12-15-9-4-3-5-10-15/h3-11H,12-13H2,1-2H3. The van der Waals surface area contributed by atoms with E-state index in [9.17, 15) is 4.79 Å². The molecule has 0 aliphatic heterocycles. The summed E-state index contributed by atoms with van der Waals surface area (Å²) in [6.07, 6.45) is 0.884. The first kappa shape index (κ1) is 13.3. The van der Waals surface area contributed by atoms with E-state index >= 15 is 0 Å². The van der Waals surface area contributed by atoms with E-state index in [2.05, 4.69) is 12.1 Å². The minimum atomic E-state index is 0.0917. The molecule has 2 heteroatoms. The number of hydrogen-bond donors (Lipinski definition) is 0. The predicted octanol–water partition coefficient (Wildman–Crippen LogP) is 3.31. The molecule has 0 saturated heterocycles. The fourth-order valence-corrected chi connectivity index (χ4v) is 2.06. The number of benzene rings is 2. The zero-order valence-corrected chi connectivity index (χ0v) is 11.5. The van der Waals surface area contributed by atoms with Crippen LogP contribution < -0.4 is 0 Å². The van der Waals surface area contributed by atoms with E-state index in [1.807, 2.05) is 56.4 Å². The highest BCUT2D eigenvalue weighted by Crippen LogP contribution is 2.10. The van der Waals surface area contributed by atoms with Crippen LogP contribution in [0.1, 0.15) is 21.5 Å². The van der Waals surface area contributed by atoms with Crippen molar-refractivity contribution in [2.24, 2.45) is 0 Å². The molecule has 0 bridgehead atoms. The van der Waals surface area contributed by atoms with E-state index in [4.69, 9.17) is 0 Å². The molecule has 98 valence electrons. The molecule has 19 heavy (non-hydrogen) atoms. The largest absolute Gasteiger partial charge is 0.341 e. The lowest BCUT2D eigenvalue weighted by Gasteiger charge is -2.18. The van der Waals surface area contributed by atoms with Crippen molar-refractivity contribution in [3.63, 3.8) is 0 Å². The lowest BCUT2D eigenvalue weighted by molar-refractivity contribution is 0.0796. The maximum atomic E-state index is 12.3. The molecule has 0 aromatic heterocycles. The quantitative estimate of drug-likeness (QED) is 0.818. The Labute approximate surface area is 114 Å². The molecule has 0 saturated carbocycles. The average molecular weight is 253 g/mol. The molecule has 2 nitrogen and oxygen atoms in total. The molecule has 2 aromatic carbocycles. The summed E-state index contributed by atoms with van der Waals surface area (Å²) in [6, 6.07) is 18.0. The molecule has 0 radical (unpaired) electrons. The Morgan fingerprint density at radius 3 is 2.32 bits per heavy atom. The highest BCUT2D eigenvalue weighted by molar-refractivity contribution is 5.95. The molecule has 1 amide bonds. The summed E-state index contributed by atoms with van der Waals surface area (Å²) < 4.78 is 0. The van der Waals surface area contributed by atoms with E-state index in [-0.39, 0.29) is 5.91 Å². The van der Waals surface area contributed by atoms with E-state index in [1.54, 1.807) is 4.90 Å². The Hall–Kier alpha value is -2.09. The van der Waals surface area contributed by atoms with Crippen molar-refractivity contribution in [1.82, 2.24) is 4.90 Å². The van der Waals surface area contributed by atoms with Gasteiger partial charge in [0.1, 0.15) is 0 Å². The summed E-state index contributed by atoms with van der Waals surface area (Å²) in [5, 5.41) is 0. The van der Waals surface area contributed by atoms with Crippen LogP contribution in [0.3, 0.4) is 0 Å². The van der Waals surface area contributed by atoms with Gasteiger partial charge in [-0.3, -0.25) is 4.79 Å². The number of likely N-dealkylation sites (N-methyl/N-ethyl adjacent to an activating group) is 1. The maximum Gasteiger partial charge on any atom is 0.253 e. The number of hydrogen-bond acceptors (Lipinski definition) is 1. The van der Waals surface area contributed by atoms with Gasteiger partial charge < -0.3 is 4.90 Å². The molecule has 0 aliphatic rings. The minimum absolute atomic E-state index is 0.0917. The van der Waals surface area contributed by atoms with Gasteiger partial charge in [-0.15, -0.1) is 0 Å².